The SMILES string of the molecule is COCCNC(=O)CNC(=O)c1ccccc1NN. The van der Waals surface area contributed by atoms with Crippen LogP contribution in [0.1, 0.15) is 10.4 Å². The van der Waals surface area contributed by atoms with Gasteiger partial charge in [0, 0.05) is 13.7 Å². The van der Waals surface area contributed by atoms with E-state index in [0.717, 1.165) is 0 Å². The predicted octanol–water partition coefficient (Wildman–Crippen LogP) is -0.535. The first-order chi connectivity index (χ1) is 9.19. The van der Waals surface area contributed by atoms with Gasteiger partial charge in [-0.2, -0.15) is 0 Å². The van der Waals surface area contributed by atoms with Gasteiger partial charge < -0.3 is 20.8 Å². The predicted molar refractivity (Wildman–Crippen MR) is 71.5 cm³/mol. The van der Waals surface area contributed by atoms with Crippen molar-refractivity contribution in [2.45, 2.75) is 0 Å². The Morgan fingerprint density at radius 2 is 2.00 bits per heavy atom. The van der Waals surface area contributed by atoms with Crippen molar-refractivity contribution in [1.29, 1.82) is 0 Å². The Kier molecular flexibility index (Phi) is 6.34. The zero-order valence-electron chi connectivity index (χ0n) is 10.7. The first-order valence-electron chi connectivity index (χ1n) is 5.78. The number of amides is 2. The highest BCUT2D eigenvalue weighted by atomic mass is 16.5. The molecule has 0 aromatic heterocycles. The second-order valence-electron chi connectivity index (χ2n) is 3.72. The molecule has 0 aliphatic carbocycles. The largest absolute Gasteiger partial charge is 0.383 e. The van der Waals surface area contributed by atoms with Gasteiger partial charge in [-0.25, -0.2) is 0 Å². The van der Waals surface area contributed by atoms with Crippen LogP contribution in [0.25, 0.3) is 0 Å². The van der Waals surface area contributed by atoms with Gasteiger partial charge in [0.1, 0.15) is 0 Å². The molecule has 0 radical (unpaired) electrons. The number of methoxy groups -OCH3 is 1. The number of rotatable bonds is 7. The van der Waals surface area contributed by atoms with Crippen molar-refractivity contribution in [3.63, 3.8) is 0 Å². The molecule has 7 heteroatoms. The fraction of sp³-hybridized carbons (Fsp3) is 0.333. The number of nitrogens with two attached hydrogens (primary N) is 1. The number of hydrogen-bond acceptors (Lipinski definition) is 5. The van der Waals surface area contributed by atoms with Crippen LogP contribution in [0.15, 0.2) is 24.3 Å². The minimum atomic E-state index is -0.365. The van der Waals surface area contributed by atoms with Crippen LogP contribution in [0.5, 0.6) is 0 Å². The summed E-state index contributed by atoms with van der Waals surface area (Å²) < 4.78 is 4.79. The zero-order valence-corrected chi connectivity index (χ0v) is 10.7. The van der Waals surface area contributed by atoms with Gasteiger partial charge in [-0.1, -0.05) is 12.1 Å². The average Bonchev–Trinajstić information content (AvgIpc) is 2.45. The molecule has 0 saturated heterocycles. The maximum atomic E-state index is 11.8. The first kappa shape index (κ1) is 14.9. The van der Waals surface area contributed by atoms with Gasteiger partial charge in [-0.15, -0.1) is 0 Å². The highest BCUT2D eigenvalue weighted by molar-refractivity contribution is 6.01. The van der Waals surface area contributed by atoms with Gasteiger partial charge in [0.2, 0.25) is 5.91 Å². The molecule has 0 aliphatic heterocycles. The lowest BCUT2D eigenvalue weighted by atomic mass is 10.1. The van der Waals surface area contributed by atoms with Crippen molar-refractivity contribution in [1.82, 2.24) is 10.6 Å². The van der Waals surface area contributed by atoms with Crippen LogP contribution >= 0.6 is 0 Å². The van der Waals surface area contributed by atoms with Gasteiger partial charge in [0.05, 0.1) is 24.4 Å². The standard InChI is InChI=1S/C12H18N4O3/c1-19-7-6-14-11(17)8-15-12(18)9-4-2-3-5-10(9)16-13/h2-5,16H,6-8,13H2,1H3,(H,14,17)(H,15,18). The summed E-state index contributed by atoms with van der Waals surface area (Å²) in [5, 5.41) is 5.11. The molecule has 0 aliphatic rings. The summed E-state index contributed by atoms with van der Waals surface area (Å²) in [7, 11) is 1.55. The van der Waals surface area contributed by atoms with Gasteiger partial charge in [0.15, 0.2) is 0 Å². The molecular formula is C12H18N4O3. The fourth-order valence-corrected chi connectivity index (χ4v) is 1.42. The molecule has 0 unspecified atom stereocenters. The molecule has 19 heavy (non-hydrogen) atoms. The quantitative estimate of drug-likeness (QED) is 0.301. The molecule has 1 rings (SSSR count). The van der Waals surface area contributed by atoms with Crippen LogP contribution in [0.2, 0.25) is 0 Å². The number of nitrogen functional groups attached to an aromatic ring is 1. The van der Waals surface area contributed by atoms with E-state index in [4.69, 9.17) is 10.6 Å². The van der Waals surface area contributed by atoms with Crippen LogP contribution < -0.4 is 21.9 Å². The lowest BCUT2D eigenvalue weighted by Crippen LogP contribution is -2.38. The second kappa shape index (κ2) is 8.06. The van der Waals surface area contributed by atoms with Crippen LogP contribution in [0.4, 0.5) is 5.69 Å². The van der Waals surface area contributed by atoms with E-state index in [1.165, 1.54) is 0 Å². The molecule has 0 fully saturated rings. The maximum Gasteiger partial charge on any atom is 0.253 e. The number of ether oxygens (including phenoxy) is 1. The summed E-state index contributed by atoms with van der Waals surface area (Å²) in [5.74, 6) is 4.66. The van der Waals surface area contributed by atoms with E-state index in [0.29, 0.717) is 24.4 Å². The monoisotopic (exact) mass is 266 g/mol. The normalized spacial score (nSPS) is 9.79. The molecule has 7 nitrogen and oxygen atoms in total. The Morgan fingerprint density at radius 3 is 2.68 bits per heavy atom. The van der Waals surface area contributed by atoms with Crippen molar-refractivity contribution in [2.75, 3.05) is 32.2 Å². The van der Waals surface area contributed by atoms with Gasteiger partial charge in [-0.05, 0) is 12.1 Å². The zero-order chi connectivity index (χ0) is 14.1. The minimum Gasteiger partial charge on any atom is -0.383 e. The Balaban J connectivity index is 2.44. The number of carbonyl (C=O) groups excluding carboxylic acids is 2. The van der Waals surface area contributed by atoms with Crippen molar-refractivity contribution >= 4 is 17.5 Å². The van der Waals surface area contributed by atoms with E-state index in [2.05, 4.69) is 16.1 Å². The van der Waals surface area contributed by atoms with Crippen LogP contribution in [-0.2, 0) is 9.53 Å². The topological polar surface area (TPSA) is 105 Å². The third kappa shape index (κ3) is 4.94. The summed E-state index contributed by atoms with van der Waals surface area (Å²) in [5.41, 5.74) is 3.31. The van der Waals surface area contributed by atoms with Crippen molar-refractivity contribution < 1.29 is 14.3 Å². The Labute approximate surface area is 111 Å². The van der Waals surface area contributed by atoms with Crippen LogP contribution in [-0.4, -0.2) is 38.6 Å². The van der Waals surface area contributed by atoms with Crippen molar-refractivity contribution in [3.8, 4) is 0 Å². The molecule has 0 heterocycles. The molecule has 0 spiro atoms. The number of hydrazine groups is 1. The summed E-state index contributed by atoms with van der Waals surface area (Å²) in [6.07, 6.45) is 0. The van der Waals surface area contributed by atoms with Gasteiger partial charge in [-0.3, -0.25) is 15.4 Å². The van der Waals surface area contributed by atoms with Gasteiger partial charge in [0.25, 0.3) is 5.91 Å². The highest BCUT2D eigenvalue weighted by Gasteiger charge is 2.11. The lowest BCUT2D eigenvalue weighted by Gasteiger charge is -2.09. The lowest BCUT2D eigenvalue weighted by molar-refractivity contribution is -0.120. The smallest absolute Gasteiger partial charge is 0.253 e. The van der Waals surface area contributed by atoms with Crippen LogP contribution in [0, 0.1) is 0 Å². The number of nitrogens with one attached hydrogen (secondary N) is 3. The van der Waals surface area contributed by atoms with Crippen molar-refractivity contribution in [2.24, 2.45) is 5.84 Å². The van der Waals surface area contributed by atoms with Gasteiger partial charge >= 0.3 is 0 Å². The number of carbonyl (C=O) groups is 2. The highest BCUT2D eigenvalue weighted by Crippen LogP contribution is 2.12. The molecule has 1 aromatic rings. The van der Waals surface area contributed by atoms with E-state index >= 15 is 0 Å². The number of anilines is 1. The second-order valence-corrected chi connectivity index (χ2v) is 3.72. The summed E-state index contributed by atoms with van der Waals surface area (Å²) >= 11 is 0. The Morgan fingerprint density at radius 1 is 1.26 bits per heavy atom. The van der Waals surface area contributed by atoms with E-state index < -0.39 is 0 Å². The van der Waals surface area contributed by atoms with Crippen molar-refractivity contribution in [3.05, 3.63) is 29.8 Å². The van der Waals surface area contributed by atoms with E-state index in [-0.39, 0.29) is 18.4 Å². The number of para-hydroxylation sites is 1. The molecule has 2 amide bonds. The summed E-state index contributed by atoms with van der Waals surface area (Å²) in [6.45, 7) is 0.743. The number of hydrogen-bond donors (Lipinski definition) is 4. The third-order valence-electron chi connectivity index (χ3n) is 2.37. The first-order valence-corrected chi connectivity index (χ1v) is 5.78. The van der Waals surface area contributed by atoms with Crippen LogP contribution in [0.3, 0.4) is 0 Å². The fourth-order valence-electron chi connectivity index (χ4n) is 1.42. The Hall–Kier alpha value is -2.12. The Bertz CT molecular complexity index is 437. The molecule has 5 N–H and O–H groups in total. The molecule has 104 valence electrons. The molecule has 1 aromatic carbocycles. The number of benzene rings is 1. The molecule has 0 bridgehead atoms. The summed E-state index contributed by atoms with van der Waals surface area (Å²) in [4.78, 5) is 23.2. The molecule has 0 saturated carbocycles. The molecular weight excluding hydrogens is 248 g/mol. The summed E-state index contributed by atoms with van der Waals surface area (Å²) in [6, 6.07) is 6.76. The molecule has 0 atom stereocenters. The van der Waals surface area contributed by atoms with E-state index in [1.54, 1.807) is 31.4 Å². The maximum absolute atomic E-state index is 11.8. The minimum absolute atomic E-state index is 0.0958. The van der Waals surface area contributed by atoms with E-state index in [1.807, 2.05) is 0 Å². The average molecular weight is 266 g/mol. The van der Waals surface area contributed by atoms with E-state index in [9.17, 15) is 9.59 Å². The third-order valence-corrected chi connectivity index (χ3v) is 2.37.